The van der Waals surface area contributed by atoms with Crippen LogP contribution in [0.25, 0.3) is 10.9 Å². The monoisotopic (exact) mass is 292 g/mol. The number of aliphatic imine (C=N–C) groups is 1. The molecule has 2 bridgehead atoms. The van der Waals surface area contributed by atoms with E-state index in [1.807, 2.05) is 0 Å². The molecule has 1 heterocycles. The smallest absolute Gasteiger partial charge is 0.0772 e. The molecule has 22 heavy (non-hydrogen) atoms. The van der Waals surface area contributed by atoms with Crippen molar-refractivity contribution in [3.05, 3.63) is 35.5 Å². The van der Waals surface area contributed by atoms with Gasteiger partial charge in [-0.2, -0.15) is 0 Å². The van der Waals surface area contributed by atoms with Crippen molar-refractivity contribution < 1.29 is 0 Å². The second-order valence-corrected chi connectivity index (χ2v) is 6.79. The van der Waals surface area contributed by atoms with Gasteiger partial charge < -0.3 is 0 Å². The molecule has 2 heteroatoms. The minimum absolute atomic E-state index is 0.693. The Morgan fingerprint density at radius 1 is 1.18 bits per heavy atom. The fraction of sp³-hybridized carbons (Fsp3) is 0.500. The molecule has 0 N–H and O–H groups in total. The van der Waals surface area contributed by atoms with Crippen LogP contribution in [0.4, 0.5) is 5.69 Å². The number of benzene rings is 1. The van der Waals surface area contributed by atoms with E-state index in [4.69, 9.17) is 9.98 Å². The summed E-state index contributed by atoms with van der Waals surface area (Å²) in [6.07, 6.45) is 11.0. The zero-order valence-corrected chi connectivity index (χ0v) is 13.4. The van der Waals surface area contributed by atoms with Crippen LogP contribution in [-0.2, 0) is 0 Å². The van der Waals surface area contributed by atoms with Crippen LogP contribution in [0.3, 0.4) is 0 Å². The molecular formula is C20H24N2. The van der Waals surface area contributed by atoms with Gasteiger partial charge >= 0.3 is 0 Å². The molecule has 1 aromatic heterocycles. The average molecular weight is 292 g/mol. The Hall–Kier alpha value is -1.70. The van der Waals surface area contributed by atoms with Gasteiger partial charge in [0.15, 0.2) is 0 Å². The number of aromatic nitrogens is 1. The SMILES string of the molecule is CCCCCC=Nc1c2c(nc3ccccc13)C1CCC2C1. The first-order valence-electron chi connectivity index (χ1n) is 8.83. The van der Waals surface area contributed by atoms with Crippen LogP contribution in [-0.4, -0.2) is 11.2 Å². The van der Waals surface area contributed by atoms with Crippen LogP contribution in [0.1, 0.15) is 75.0 Å². The molecule has 0 radical (unpaired) electrons. The Morgan fingerprint density at radius 2 is 2.05 bits per heavy atom. The van der Waals surface area contributed by atoms with Crippen molar-refractivity contribution in [1.29, 1.82) is 0 Å². The van der Waals surface area contributed by atoms with E-state index in [-0.39, 0.29) is 0 Å². The summed E-state index contributed by atoms with van der Waals surface area (Å²) in [5, 5.41) is 1.24. The van der Waals surface area contributed by atoms with Gasteiger partial charge in [-0.25, -0.2) is 0 Å². The fourth-order valence-electron chi connectivity index (χ4n) is 4.21. The summed E-state index contributed by atoms with van der Waals surface area (Å²) in [4.78, 5) is 9.91. The lowest BCUT2D eigenvalue weighted by Crippen LogP contribution is -2.02. The molecule has 0 saturated heterocycles. The summed E-state index contributed by atoms with van der Waals surface area (Å²) < 4.78 is 0. The Labute approximate surface area is 132 Å². The van der Waals surface area contributed by atoms with Crippen LogP contribution in [0, 0.1) is 0 Å². The third kappa shape index (κ3) is 2.25. The minimum Gasteiger partial charge on any atom is -0.260 e. The van der Waals surface area contributed by atoms with E-state index < -0.39 is 0 Å². The van der Waals surface area contributed by atoms with Crippen molar-refractivity contribution in [3.63, 3.8) is 0 Å². The lowest BCUT2D eigenvalue weighted by atomic mass is 9.92. The van der Waals surface area contributed by atoms with Gasteiger partial charge in [0.1, 0.15) is 0 Å². The summed E-state index contributed by atoms with van der Waals surface area (Å²) in [6.45, 7) is 2.25. The van der Waals surface area contributed by atoms with Gasteiger partial charge in [0.25, 0.3) is 0 Å². The highest BCUT2D eigenvalue weighted by atomic mass is 14.8. The first-order valence-corrected chi connectivity index (χ1v) is 8.83. The second kappa shape index (κ2) is 5.83. The molecule has 1 aromatic carbocycles. The fourth-order valence-corrected chi connectivity index (χ4v) is 4.21. The van der Waals surface area contributed by atoms with Gasteiger partial charge in [0.05, 0.1) is 11.2 Å². The number of para-hydroxylation sites is 1. The number of pyridine rings is 1. The first kappa shape index (κ1) is 13.9. The largest absolute Gasteiger partial charge is 0.260 e. The van der Waals surface area contributed by atoms with Crippen molar-refractivity contribution in [1.82, 2.24) is 4.98 Å². The van der Waals surface area contributed by atoms with E-state index in [1.165, 1.54) is 60.9 Å². The number of fused-ring (bicyclic) bond motifs is 6. The maximum Gasteiger partial charge on any atom is 0.0772 e. The van der Waals surface area contributed by atoms with E-state index in [1.54, 1.807) is 0 Å². The number of nitrogens with zero attached hydrogens (tertiary/aromatic N) is 2. The van der Waals surface area contributed by atoms with Gasteiger partial charge in [-0.3, -0.25) is 9.98 Å². The maximum atomic E-state index is 4.98. The van der Waals surface area contributed by atoms with Crippen LogP contribution < -0.4 is 0 Å². The number of hydrogen-bond donors (Lipinski definition) is 0. The molecular weight excluding hydrogens is 268 g/mol. The molecule has 2 aliphatic rings. The maximum absolute atomic E-state index is 4.98. The van der Waals surface area contributed by atoms with Gasteiger partial charge in [-0.1, -0.05) is 38.0 Å². The highest BCUT2D eigenvalue weighted by Crippen LogP contribution is 2.56. The zero-order valence-electron chi connectivity index (χ0n) is 13.4. The lowest BCUT2D eigenvalue weighted by Gasteiger charge is -2.18. The van der Waals surface area contributed by atoms with E-state index in [0.29, 0.717) is 11.8 Å². The van der Waals surface area contributed by atoms with Crippen LogP contribution >= 0.6 is 0 Å². The van der Waals surface area contributed by atoms with E-state index in [0.717, 1.165) is 11.9 Å². The molecule has 4 rings (SSSR count). The summed E-state index contributed by atoms with van der Waals surface area (Å²) in [6, 6.07) is 8.52. The predicted octanol–water partition coefficient (Wildman–Crippen LogP) is 5.88. The highest BCUT2D eigenvalue weighted by Gasteiger charge is 2.40. The van der Waals surface area contributed by atoms with Crippen LogP contribution in [0.15, 0.2) is 29.3 Å². The summed E-state index contributed by atoms with van der Waals surface area (Å²) in [7, 11) is 0. The second-order valence-electron chi connectivity index (χ2n) is 6.79. The summed E-state index contributed by atoms with van der Waals surface area (Å²) in [5.41, 5.74) is 5.18. The molecule has 0 aliphatic heterocycles. The molecule has 114 valence electrons. The number of rotatable bonds is 5. The average Bonchev–Trinajstić information content (AvgIpc) is 3.15. The van der Waals surface area contributed by atoms with Crippen molar-refractivity contribution in [3.8, 4) is 0 Å². The molecule has 1 saturated carbocycles. The number of hydrogen-bond acceptors (Lipinski definition) is 2. The van der Waals surface area contributed by atoms with E-state index in [9.17, 15) is 0 Å². The molecule has 2 aliphatic carbocycles. The molecule has 2 nitrogen and oxygen atoms in total. The third-order valence-electron chi connectivity index (χ3n) is 5.32. The third-order valence-corrected chi connectivity index (χ3v) is 5.32. The lowest BCUT2D eigenvalue weighted by molar-refractivity contribution is 0.701. The minimum atomic E-state index is 0.693. The van der Waals surface area contributed by atoms with Crippen molar-refractivity contribution >= 4 is 22.8 Å². The van der Waals surface area contributed by atoms with Gasteiger partial charge in [0.2, 0.25) is 0 Å². The van der Waals surface area contributed by atoms with E-state index >= 15 is 0 Å². The molecule has 2 atom stereocenters. The molecule has 2 unspecified atom stereocenters. The molecule has 1 fully saturated rings. The summed E-state index contributed by atoms with van der Waals surface area (Å²) in [5.74, 6) is 1.40. The van der Waals surface area contributed by atoms with Crippen LogP contribution in [0.5, 0.6) is 0 Å². The Kier molecular flexibility index (Phi) is 3.69. The first-order chi connectivity index (χ1) is 10.9. The Bertz CT molecular complexity index is 717. The van der Waals surface area contributed by atoms with Gasteiger partial charge in [-0.15, -0.1) is 0 Å². The van der Waals surface area contributed by atoms with E-state index in [2.05, 4.69) is 37.4 Å². The zero-order chi connectivity index (χ0) is 14.9. The predicted molar refractivity (Wildman–Crippen MR) is 93.4 cm³/mol. The van der Waals surface area contributed by atoms with Crippen LogP contribution in [0.2, 0.25) is 0 Å². The Morgan fingerprint density at radius 3 is 2.95 bits per heavy atom. The number of unbranched alkanes of at least 4 members (excludes halogenated alkanes) is 3. The highest BCUT2D eigenvalue weighted by molar-refractivity contribution is 5.94. The molecule has 0 amide bonds. The van der Waals surface area contributed by atoms with Gasteiger partial charge in [-0.05, 0) is 44.1 Å². The topological polar surface area (TPSA) is 25.2 Å². The quantitative estimate of drug-likeness (QED) is 0.499. The molecule has 2 aromatic rings. The van der Waals surface area contributed by atoms with Crippen molar-refractivity contribution in [2.75, 3.05) is 0 Å². The standard InChI is InChI=1S/C20H24N2/c1-2-3-4-7-12-21-20-16-8-5-6-9-17(16)22-19-15-11-10-14(13-15)18(19)20/h5-6,8-9,12,14-15H,2-4,7,10-11,13H2,1H3. The van der Waals surface area contributed by atoms with Crippen molar-refractivity contribution in [2.45, 2.75) is 63.7 Å². The summed E-state index contributed by atoms with van der Waals surface area (Å²) >= 11 is 0. The van der Waals surface area contributed by atoms with Gasteiger partial charge in [0, 0.05) is 28.8 Å². The molecule has 0 spiro atoms. The Balaban J connectivity index is 1.76. The van der Waals surface area contributed by atoms with Crippen molar-refractivity contribution in [2.24, 2.45) is 4.99 Å². The normalized spacial score (nSPS) is 22.8.